The second-order valence-corrected chi connectivity index (χ2v) is 18.4. The van der Waals surface area contributed by atoms with Crippen LogP contribution in [0.25, 0.3) is 82.8 Å². The van der Waals surface area contributed by atoms with Crippen LogP contribution in [0.15, 0.2) is 271 Å². The van der Waals surface area contributed by atoms with E-state index in [-0.39, 0.29) is 0 Å². The fourth-order valence-corrected chi connectivity index (χ4v) is 11.5. The molecule has 0 bridgehead atoms. The summed E-state index contributed by atoms with van der Waals surface area (Å²) in [6.45, 7) is 0. The highest BCUT2D eigenvalue weighted by atomic mass is 16.3. The van der Waals surface area contributed by atoms with Crippen molar-refractivity contribution in [1.29, 1.82) is 0 Å². The van der Waals surface area contributed by atoms with Gasteiger partial charge in [0.25, 0.3) is 0 Å². The van der Waals surface area contributed by atoms with Crippen molar-refractivity contribution in [1.82, 2.24) is 4.57 Å². The predicted molar refractivity (Wildman–Crippen MR) is 291 cm³/mol. The maximum absolute atomic E-state index is 6.31. The molecule has 328 valence electrons. The number of nitrogens with zero attached hydrogens (tertiary/aromatic N) is 2. The lowest BCUT2D eigenvalue weighted by Crippen LogP contribution is -2.28. The van der Waals surface area contributed by atoms with Crippen LogP contribution in [0.1, 0.15) is 22.3 Å². The highest BCUT2D eigenvalue weighted by Gasteiger charge is 2.46. The topological polar surface area (TPSA) is 21.3 Å². The molecule has 2 heterocycles. The largest absolute Gasteiger partial charge is 0.456 e. The molecule has 1 aliphatic rings. The molecule has 0 aliphatic heterocycles. The number of aromatic nitrogens is 1. The number of hydrogen-bond donors (Lipinski definition) is 0. The molecule has 70 heavy (non-hydrogen) atoms. The summed E-state index contributed by atoms with van der Waals surface area (Å²) in [5, 5.41) is 4.80. The molecule has 0 spiro atoms. The fourth-order valence-electron chi connectivity index (χ4n) is 11.5. The maximum atomic E-state index is 6.31. The van der Waals surface area contributed by atoms with Gasteiger partial charge in [0, 0.05) is 44.3 Å². The zero-order valence-electron chi connectivity index (χ0n) is 38.2. The van der Waals surface area contributed by atoms with Gasteiger partial charge in [-0.3, -0.25) is 0 Å². The minimum atomic E-state index is -0.473. The molecule has 1 aliphatic carbocycles. The van der Waals surface area contributed by atoms with Crippen molar-refractivity contribution in [3.63, 3.8) is 0 Å². The molecule has 3 nitrogen and oxygen atoms in total. The predicted octanol–water partition coefficient (Wildman–Crippen LogP) is 17.8. The molecular formula is C67H44N2O. The molecule has 0 fully saturated rings. The molecule has 0 saturated heterocycles. The van der Waals surface area contributed by atoms with Crippen LogP contribution in [-0.4, -0.2) is 4.57 Å². The average molecular weight is 893 g/mol. The molecule has 0 N–H and O–H groups in total. The van der Waals surface area contributed by atoms with E-state index >= 15 is 0 Å². The molecular weight excluding hydrogens is 849 g/mol. The zero-order valence-corrected chi connectivity index (χ0v) is 38.2. The van der Waals surface area contributed by atoms with Crippen molar-refractivity contribution in [2.24, 2.45) is 0 Å². The Kier molecular flexibility index (Phi) is 9.11. The Morgan fingerprint density at radius 3 is 1.43 bits per heavy atom. The van der Waals surface area contributed by atoms with Crippen molar-refractivity contribution in [3.05, 3.63) is 289 Å². The van der Waals surface area contributed by atoms with E-state index in [1.54, 1.807) is 0 Å². The minimum absolute atomic E-state index is 0.473. The highest BCUT2D eigenvalue weighted by molar-refractivity contribution is 6.09. The van der Waals surface area contributed by atoms with Gasteiger partial charge in [0.15, 0.2) is 0 Å². The van der Waals surface area contributed by atoms with E-state index < -0.39 is 5.41 Å². The second-order valence-electron chi connectivity index (χ2n) is 18.4. The van der Waals surface area contributed by atoms with Crippen LogP contribution in [0.2, 0.25) is 0 Å². The van der Waals surface area contributed by atoms with E-state index in [0.717, 1.165) is 61.4 Å². The van der Waals surface area contributed by atoms with Gasteiger partial charge in [-0.15, -0.1) is 0 Å². The van der Waals surface area contributed by atoms with Crippen molar-refractivity contribution >= 4 is 60.8 Å². The van der Waals surface area contributed by atoms with E-state index in [9.17, 15) is 0 Å². The SMILES string of the molecule is c1ccc(C2(c3ccccc3)c3ccccc3-c3cc(N(c4ccc(-c5ccc(-n6c7ccccc7c7ccccc76)cc5)cc4)c4ccc(-c5ccc6c(c5)oc5ccccc56)cc4)ccc32)cc1. The molecule has 0 amide bonds. The molecule has 3 heteroatoms. The molecule has 0 atom stereocenters. The average Bonchev–Trinajstić information content (AvgIpc) is 4.08. The van der Waals surface area contributed by atoms with Crippen LogP contribution < -0.4 is 4.90 Å². The van der Waals surface area contributed by atoms with Gasteiger partial charge in [-0.1, -0.05) is 188 Å². The van der Waals surface area contributed by atoms with Gasteiger partial charge in [0.05, 0.1) is 16.4 Å². The third-order valence-corrected chi connectivity index (χ3v) is 14.7. The van der Waals surface area contributed by atoms with Crippen molar-refractivity contribution < 1.29 is 4.42 Å². The summed E-state index contributed by atoms with van der Waals surface area (Å²) >= 11 is 0. The van der Waals surface area contributed by atoms with Gasteiger partial charge in [0.1, 0.15) is 11.2 Å². The Hall–Kier alpha value is -9.18. The van der Waals surface area contributed by atoms with E-state index in [1.165, 1.54) is 60.8 Å². The molecule has 0 saturated carbocycles. The smallest absolute Gasteiger partial charge is 0.136 e. The molecule has 13 aromatic rings. The van der Waals surface area contributed by atoms with Gasteiger partial charge in [0.2, 0.25) is 0 Å². The van der Waals surface area contributed by atoms with E-state index in [1.807, 2.05) is 12.1 Å². The Morgan fingerprint density at radius 2 is 0.786 bits per heavy atom. The van der Waals surface area contributed by atoms with Gasteiger partial charge >= 0.3 is 0 Å². The number of anilines is 3. The summed E-state index contributed by atoms with van der Waals surface area (Å²) in [6.07, 6.45) is 0. The van der Waals surface area contributed by atoms with Gasteiger partial charge in [-0.05, 0) is 134 Å². The van der Waals surface area contributed by atoms with Crippen molar-refractivity contribution in [2.75, 3.05) is 4.90 Å². The molecule has 2 aromatic heterocycles. The standard InChI is InChI=1S/C67H44N2O/c1-3-15-49(16-4-1)67(50-17-5-2-6-18-50)61-23-11-7-19-55(61)60-44-54(40-42-62(60)67)68(52-36-31-47(32-37-52)48-33-41-59-58-22-10-14-26-65(58)70-66(59)43-48)51-34-27-45(28-35-51)46-29-38-53(39-30-46)69-63-24-12-8-20-56(63)57-21-9-13-25-64(57)69/h1-44H. The Labute approximate surface area is 406 Å². The van der Waals surface area contributed by atoms with Gasteiger partial charge in [-0.2, -0.15) is 0 Å². The number of para-hydroxylation sites is 3. The Morgan fingerprint density at radius 1 is 0.314 bits per heavy atom. The summed E-state index contributed by atoms with van der Waals surface area (Å²) in [7, 11) is 0. The third kappa shape index (κ3) is 6.15. The first-order valence-corrected chi connectivity index (χ1v) is 24.1. The van der Waals surface area contributed by atoms with Crippen molar-refractivity contribution in [2.45, 2.75) is 5.41 Å². The monoisotopic (exact) mass is 892 g/mol. The van der Waals surface area contributed by atoms with E-state index in [2.05, 4.69) is 264 Å². The summed E-state index contributed by atoms with van der Waals surface area (Å²) in [5.74, 6) is 0. The first-order valence-electron chi connectivity index (χ1n) is 24.1. The number of benzene rings is 11. The van der Waals surface area contributed by atoms with Crippen LogP contribution in [-0.2, 0) is 5.41 Å². The lowest BCUT2D eigenvalue weighted by molar-refractivity contribution is 0.669. The fraction of sp³-hybridized carbons (Fsp3) is 0.0149. The normalized spacial score (nSPS) is 12.7. The van der Waals surface area contributed by atoms with Crippen LogP contribution in [0, 0.1) is 0 Å². The molecule has 14 rings (SSSR count). The second kappa shape index (κ2) is 16.0. The third-order valence-electron chi connectivity index (χ3n) is 14.7. The number of fused-ring (bicyclic) bond motifs is 9. The van der Waals surface area contributed by atoms with Crippen LogP contribution in [0.5, 0.6) is 0 Å². The summed E-state index contributed by atoms with van der Waals surface area (Å²) < 4.78 is 8.68. The van der Waals surface area contributed by atoms with E-state index in [0.29, 0.717) is 0 Å². The number of hydrogen-bond acceptors (Lipinski definition) is 2. The summed E-state index contributed by atoms with van der Waals surface area (Å²) in [6, 6.07) is 97.3. The summed E-state index contributed by atoms with van der Waals surface area (Å²) in [4.78, 5) is 2.40. The maximum Gasteiger partial charge on any atom is 0.136 e. The first-order chi connectivity index (χ1) is 34.7. The molecule has 0 unspecified atom stereocenters. The summed E-state index contributed by atoms with van der Waals surface area (Å²) in [5.41, 5.74) is 20.3. The number of furan rings is 1. The minimum Gasteiger partial charge on any atom is -0.456 e. The Bertz CT molecular complexity index is 4000. The van der Waals surface area contributed by atoms with E-state index in [4.69, 9.17) is 4.42 Å². The number of rotatable bonds is 8. The zero-order chi connectivity index (χ0) is 46.2. The lowest BCUT2D eigenvalue weighted by atomic mass is 9.68. The first kappa shape index (κ1) is 39.9. The lowest BCUT2D eigenvalue weighted by Gasteiger charge is -2.34. The Balaban J connectivity index is 0.880. The van der Waals surface area contributed by atoms with Gasteiger partial charge < -0.3 is 13.9 Å². The van der Waals surface area contributed by atoms with Crippen molar-refractivity contribution in [3.8, 4) is 39.1 Å². The van der Waals surface area contributed by atoms with Crippen LogP contribution >= 0.6 is 0 Å². The molecule has 0 radical (unpaired) electrons. The van der Waals surface area contributed by atoms with Gasteiger partial charge in [-0.25, -0.2) is 0 Å². The molecule has 11 aromatic carbocycles. The quantitative estimate of drug-likeness (QED) is 0.152. The highest BCUT2D eigenvalue weighted by Crippen LogP contribution is 2.57. The van der Waals surface area contributed by atoms with Crippen LogP contribution in [0.4, 0.5) is 17.1 Å². The van der Waals surface area contributed by atoms with Crippen LogP contribution in [0.3, 0.4) is 0 Å².